The lowest BCUT2D eigenvalue weighted by atomic mass is 9.96. The lowest BCUT2D eigenvalue weighted by Crippen LogP contribution is -2.10. The highest BCUT2D eigenvalue weighted by molar-refractivity contribution is 6.32. The van der Waals surface area contributed by atoms with E-state index in [9.17, 15) is 4.79 Å². The molecular weight excluding hydrogens is 149 g/mol. The second-order valence-electron chi connectivity index (χ2n) is 2.32. The number of hydrogen-bond donors (Lipinski definition) is 1. The van der Waals surface area contributed by atoms with E-state index in [0.717, 1.165) is 0 Å². The van der Waals surface area contributed by atoms with E-state index >= 15 is 0 Å². The van der Waals surface area contributed by atoms with Crippen LogP contribution in [0.1, 0.15) is 0 Å². The van der Waals surface area contributed by atoms with Crippen LogP contribution < -0.4 is 10.8 Å². The van der Waals surface area contributed by atoms with Crippen molar-refractivity contribution in [2.24, 2.45) is 0 Å². The molecule has 0 saturated carbocycles. The molecule has 1 aromatic carbocycles. The fraction of sp³-hybridized carbons (Fsp3) is 0. The fourth-order valence-corrected chi connectivity index (χ4v) is 0.810. The van der Waals surface area contributed by atoms with Gasteiger partial charge in [-0.1, -0.05) is 24.2 Å². The monoisotopic (exact) mass is 157 g/mol. The summed E-state index contributed by atoms with van der Waals surface area (Å²) >= 11 is 0. The summed E-state index contributed by atoms with van der Waals surface area (Å²) in [7, 11) is 5.50. The Morgan fingerprint density at radius 1 is 1.58 bits per heavy atom. The second kappa shape index (κ2) is 3.76. The van der Waals surface area contributed by atoms with Crippen LogP contribution in [0.2, 0.25) is 0 Å². The molecule has 0 bridgehead atoms. The van der Waals surface area contributed by atoms with E-state index in [1.165, 1.54) is 6.08 Å². The highest BCUT2D eigenvalue weighted by Crippen LogP contribution is 2.02. The summed E-state index contributed by atoms with van der Waals surface area (Å²) in [5.74, 6) is -0.236. The van der Waals surface area contributed by atoms with Gasteiger partial charge in [-0.2, -0.15) is 0 Å². The van der Waals surface area contributed by atoms with Gasteiger partial charge in [-0.15, -0.1) is 0 Å². The van der Waals surface area contributed by atoms with Crippen LogP contribution in [0.25, 0.3) is 0 Å². The first-order chi connectivity index (χ1) is 5.72. The molecule has 0 unspecified atom stereocenters. The maximum Gasteiger partial charge on any atom is 0.247 e. The zero-order valence-electron chi connectivity index (χ0n) is 6.58. The van der Waals surface area contributed by atoms with Gasteiger partial charge in [0.05, 0.1) is 0 Å². The summed E-state index contributed by atoms with van der Waals surface area (Å²) < 4.78 is 0. The van der Waals surface area contributed by atoms with Gasteiger partial charge in [0, 0.05) is 5.69 Å². The molecule has 1 amide bonds. The smallest absolute Gasteiger partial charge is 0.247 e. The van der Waals surface area contributed by atoms with Crippen molar-refractivity contribution >= 4 is 24.9 Å². The lowest BCUT2D eigenvalue weighted by molar-refractivity contribution is -0.111. The molecule has 12 heavy (non-hydrogen) atoms. The number of anilines is 1. The van der Waals surface area contributed by atoms with Crippen LogP contribution in [0.3, 0.4) is 0 Å². The predicted octanol–water partition coefficient (Wildman–Crippen LogP) is 0.605. The number of amides is 1. The maximum absolute atomic E-state index is 10.8. The molecule has 2 nitrogen and oxygen atoms in total. The highest BCUT2D eigenvalue weighted by Gasteiger charge is 1.94. The second-order valence-corrected chi connectivity index (χ2v) is 2.32. The third-order valence-corrected chi connectivity index (χ3v) is 1.34. The summed E-state index contributed by atoms with van der Waals surface area (Å²) in [6.07, 6.45) is 1.21. The molecular formula is C9H8BNO. The van der Waals surface area contributed by atoms with E-state index in [0.29, 0.717) is 11.2 Å². The molecule has 0 spiro atoms. The van der Waals surface area contributed by atoms with Gasteiger partial charge in [-0.25, -0.2) is 0 Å². The molecule has 1 rings (SSSR count). The van der Waals surface area contributed by atoms with E-state index in [-0.39, 0.29) is 5.91 Å². The van der Waals surface area contributed by atoms with Gasteiger partial charge in [0.1, 0.15) is 7.85 Å². The van der Waals surface area contributed by atoms with Crippen LogP contribution in [-0.2, 0) is 4.79 Å². The van der Waals surface area contributed by atoms with Gasteiger partial charge in [-0.3, -0.25) is 4.79 Å². The first kappa shape index (κ1) is 8.59. The minimum atomic E-state index is -0.236. The van der Waals surface area contributed by atoms with Crippen LogP contribution in [0.15, 0.2) is 36.9 Å². The van der Waals surface area contributed by atoms with Crippen molar-refractivity contribution in [3.8, 4) is 0 Å². The van der Waals surface area contributed by atoms with Crippen molar-refractivity contribution in [3.05, 3.63) is 36.9 Å². The molecule has 3 heteroatoms. The fourth-order valence-electron chi connectivity index (χ4n) is 0.810. The molecule has 0 aliphatic heterocycles. The minimum Gasteiger partial charge on any atom is -0.323 e. The molecule has 58 valence electrons. The Hall–Kier alpha value is -1.51. The Kier molecular flexibility index (Phi) is 2.69. The van der Waals surface area contributed by atoms with E-state index in [1.54, 1.807) is 24.3 Å². The summed E-state index contributed by atoms with van der Waals surface area (Å²) in [5, 5.41) is 2.60. The molecule has 0 aliphatic rings. The number of carbonyl (C=O) groups is 1. The molecule has 0 heterocycles. The van der Waals surface area contributed by atoms with Crippen molar-refractivity contribution in [2.75, 3.05) is 5.32 Å². The Morgan fingerprint density at radius 3 is 2.92 bits per heavy atom. The van der Waals surface area contributed by atoms with E-state index in [4.69, 9.17) is 7.85 Å². The van der Waals surface area contributed by atoms with Crippen LogP contribution in [0, 0.1) is 0 Å². The first-order valence-electron chi connectivity index (χ1n) is 3.51. The summed E-state index contributed by atoms with van der Waals surface area (Å²) in [6, 6.07) is 6.97. The average Bonchev–Trinajstić information content (AvgIpc) is 2.04. The minimum absolute atomic E-state index is 0.236. The summed E-state index contributed by atoms with van der Waals surface area (Å²) in [6.45, 7) is 3.34. The van der Waals surface area contributed by atoms with Gasteiger partial charge in [0.25, 0.3) is 0 Å². The Balaban J connectivity index is 2.76. The van der Waals surface area contributed by atoms with E-state index < -0.39 is 0 Å². The Morgan fingerprint density at radius 2 is 2.33 bits per heavy atom. The predicted molar refractivity (Wildman–Crippen MR) is 50.7 cm³/mol. The van der Waals surface area contributed by atoms with Crippen molar-refractivity contribution in [1.82, 2.24) is 0 Å². The Bertz CT molecular complexity index is 309. The van der Waals surface area contributed by atoms with Crippen molar-refractivity contribution in [1.29, 1.82) is 0 Å². The molecule has 0 aromatic heterocycles. The van der Waals surface area contributed by atoms with Crippen molar-refractivity contribution in [2.45, 2.75) is 0 Å². The van der Waals surface area contributed by atoms with Crippen LogP contribution in [0.4, 0.5) is 5.69 Å². The Labute approximate surface area is 72.7 Å². The normalized spacial score (nSPS) is 9.00. The van der Waals surface area contributed by atoms with Crippen molar-refractivity contribution in [3.63, 3.8) is 0 Å². The zero-order valence-corrected chi connectivity index (χ0v) is 6.58. The molecule has 0 atom stereocenters. The van der Waals surface area contributed by atoms with Gasteiger partial charge in [-0.05, 0) is 18.2 Å². The van der Waals surface area contributed by atoms with Crippen LogP contribution >= 0.6 is 0 Å². The standard InChI is InChI=1S/C9H8BNO/c1-2-9(12)11-8-5-3-4-7(10)6-8/h2-6H,1H2,(H,11,12). The number of rotatable bonds is 2. The maximum atomic E-state index is 10.8. The van der Waals surface area contributed by atoms with E-state index in [2.05, 4.69) is 11.9 Å². The number of nitrogens with one attached hydrogen (secondary N) is 1. The molecule has 0 fully saturated rings. The molecule has 2 radical (unpaired) electrons. The van der Waals surface area contributed by atoms with E-state index in [1.807, 2.05) is 0 Å². The third-order valence-electron chi connectivity index (χ3n) is 1.34. The average molecular weight is 157 g/mol. The van der Waals surface area contributed by atoms with Gasteiger partial charge in [0.15, 0.2) is 0 Å². The molecule has 1 N–H and O–H groups in total. The van der Waals surface area contributed by atoms with Crippen molar-refractivity contribution < 1.29 is 4.79 Å². The van der Waals surface area contributed by atoms with Gasteiger partial charge in [0.2, 0.25) is 5.91 Å². The van der Waals surface area contributed by atoms with Crippen LogP contribution in [0.5, 0.6) is 0 Å². The first-order valence-corrected chi connectivity index (χ1v) is 3.51. The van der Waals surface area contributed by atoms with Gasteiger partial charge < -0.3 is 5.32 Å². The summed E-state index contributed by atoms with van der Waals surface area (Å²) in [4.78, 5) is 10.8. The molecule has 1 aromatic rings. The number of carbonyl (C=O) groups excluding carboxylic acids is 1. The third kappa shape index (κ3) is 2.27. The molecule has 0 aliphatic carbocycles. The zero-order chi connectivity index (χ0) is 8.97. The summed E-state index contributed by atoms with van der Waals surface area (Å²) in [5.41, 5.74) is 1.30. The van der Waals surface area contributed by atoms with Gasteiger partial charge >= 0.3 is 0 Å². The lowest BCUT2D eigenvalue weighted by Gasteiger charge is -2.01. The quantitative estimate of drug-likeness (QED) is 0.494. The number of benzene rings is 1. The SMILES string of the molecule is [B]c1cccc(NC(=O)C=C)c1. The molecule has 0 saturated heterocycles. The number of hydrogen-bond acceptors (Lipinski definition) is 1. The van der Waals surface area contributed by atoms with Crippen LogP contribution in [-0.4, -0.2) is 13.8 Å². The largest absolute Gasteiger partial charge is 0.323 e. The topological polar surface area (TPSA) is 29.1 Å². The highest BCUT2D eigenvalue weighted by atomic mass is 16.1.